The predicted octanol–water partition coefficient (Wildman–Crippen LogP) is 3.36. The first-order valence-corrected chi connectivity index (χ1v) is 10.2. The average molecular weight is 420 g/mol. The number of aromatic nitrogens is 2. The Morgan fingerprint density at radius 2 is 1.94 bits per heavy atom. The van der Waals surface area contributed by atoms with Gasteiger partial charge in [-0.25, -0.2) is 4.98 Å². The number of ether oxygens (including phenoxy) is 2. The molecular weight excluding hydrogens is 396 g/mol. The Bertz CT molecular complexity index is 1130. The molecule has 1 aliphatic heterocycles. The molecule has 3 aromatic rings. The zero-order chi connectivity index (χ0) is 22.0. The van der Waals surface area contributed by atoms with Gasteiger partial charge in [-0.05, 0) is 30.7 Å². The van der Waals surface area contributed by atoms with Crippen molar-refractivity contribution in [1.82, 2.24) is 9.97 Å². The highest BCUT2D eigenvalue weighted by molar-refractivity contribution is 6.10. The molecule has 2 atom stereocenters. The fraction of sp³-hybridized carbons (Fsp3) is 0.304. The number of nitrogens with two attached hydrogens (primary N) is 1. The lowest BCUT2D eigenvalue weighted by molar-refractivity contribution is -0.134. The van der Waals surface area contributed by atoms with Crippen LogP contribution in [0.15, 0.2) is 48.5 Å². The molecule has 0 saturated carbocycles. The summed E-state index contributed by atoms with van der Waals surface area (Å²) in [4.78, 5) is 35.7. The van der Waals surface area contributed by atoms with Crippen LogP contribution in [0.2, 0.25) is 0 Å². The molecule has 2 aromatic heterocycles. The molecular formula is C23H24N4O4. The van der Waals surface area contributed by atoms with E-state index in [2.05, 4.69) is 9.97 Å². The molecule has 3 heterocycles. The summed E-state index contributed by atoms with van der Waals surface area (Å²) in [7, 11) is 1.53. The Hall–Kier alpha value is -3.52. The molecule has 0 aliphatic carbocycles. The summed E-state index contributed by atoms with van der Waals surface area (Å²) in [5.74, 6) is -0.00957. The minimum atomic E-state index is -0.815. The number of anilines is 1. The maximum Gasteiger partial charge on any atom is 0.262 e. The highest BCUT2D eigenvalue weighted by Crippen LogP contribution is 2.39. The topological polar surface area (TPSA) is 108 Å². The molecule has 8 heteroatoms. The van der Waals surface area contributed by atoms with Crippen molar-refractivity contribution >= 4 is 28.7 Å². The number of fused-ring (bicyclic) bond motifs is 2. The Labute approximate surface area is 180 Å². The summed E-state index contributed by atoms with van der Waals surface area (Å²) in [6.07, 6.45) is 0.542. The second kappa shape index (κ2) is 8.69. The summed E-state index contributed by atoms with van der Waals surface area (Å²) in [6.45, 7) is 2.03. The van der Waals surface area contributed by atoms with E-state index in [0.29, 0.717) is 34.9 Å². The van der Waals surface area contributed by atoms with Crippen molar-refractivity contribution in [2.24, 2.45) is 5.73 Å². The maximum absolute atomic E-state index is 13.3. The van der Waals surface area contributed by atoms with Gasteiger partial charge < -0.3 is 15.2 Å². The summed E-state index contributed by atoms with van der Waals surface area (Å²) < 4.78 is 11.3. The molecule has 0 radical (unpaired) electrons. The molecule has 0 fully saturated rings. The molecule has 2 amide bonds. The van der Waals surface area contributed by atoms with Crippen molar-refractivity contribution in [3.8, 4) is 5.88 Å². The molecule has 0 spiro atoms. The lowest BCUT2D eigenvalue weighted by atomic mass is 10.1. The van der Waals surface area contributed by atoms with E-state index in [9.17, 15) is 9.59 Å². The SMILES string of the molecule is CCCCC(OC1c2ccccc2C(=O)N1c1ccc2ccc(OC)nc2n1)C(N)=O. The summed E-state index contributed by atoms with van der Waals surface area (Å²) in [6, 6.07) is 14.3. The van der Waals surface area contributed by atoms with Gasteiger partial charge in [-0.15, -0.1) is 0 Å². The third kappa shape index (κ3) is 3.94. The van der Waals surface area contributed by atoms with Gasteiger partial charge in [0.15, 0.2) is 11.9 Å². The van der Waals surface area contributed by atoms with Crippen molar-refractivity contribution in [2.45, 2.75) is 38.5 Å². The first-order valence-electron chi connectivity index (χ1n) is 10.2. The highest BCUT2D eigenvalue weighted by Gasteiger charge is 2.41. The molecule has 0 saturated heterocycles. The van der Waals surface area contributed by atoms with Gasteiger partial charge in [0.2, 0.25) is 11.8 Å². The fourth-order valence-corrected chi connectivity index (χ4v) is 3.68. The second-order valence-electron chi connectivity index (χ2n) is 7.35. The average Bonchev–Trinajstić information content (AvgIpc) is 3.07. The minimum Gasteiger partial charge on any atom is -0.481 e. The van der Waals surface area contributed by atoms with Crippen LogP contribution in [-0.4, -0.2) is 35.0 Å². The highest BCUT2D eigenvalue weighted by atomic mass is 16.5. The van der Waals surface area contributed by atoms with Gasteiger partial charge in [0, 0.05) is 22.6 Å². The number of amides is 2. The first-order chi connectivity index (χ1) is 15.0. The lowest BCUT2D eigenvalue weighted by Crippen LogP contribution is -2.38. The van der Waals surface area contributed by atoms with Crippen LogP contribution in [0.5, 0.6) is 5.88 Å². The smallest absolute Gasteiger partial charge is 0.262 e. The second-order valence-corrected chi connectivity index (χ2v) is 7.35. The van der Waals surface area contributed by atoms with Crippen LogP contribution in [0.25, 0.3) is 11.0 Å². The zero-order valence-corrected chi connectivity index (χ0v) is 17.4. The quantitative estimate of drug-likeness (QED) is 0.599. The van der Waals surface area contributed by atoms with Crippen molar-refractivity contribution in [3.63, 3.8) is 0 Å². The van der Waals surface area contributed by atoms with Crippen molar-refractivity contribution in [2.75, 3.05) is 12.0 Å². The number of primary amides is 1. The Morgan fingerprint density at radius 3 is 2.68 bits per heavy atom. The molecule has 160 valence electrons. The third-order valence-electron chi connectivity index (χ3n) is 5.31. The Kier molecular flexibility index (Phi) is 5.81. The third-order valence-corrected chi connectivity index (χ3v) is 5.31. The van der Waals surface area contributed by atoms with E-state index in [4.69, 9.17) is 15.2 Å². The van der Waals surface area contributed by atoms with Crippen LogP contribution in [0.1, 0.15) is 48.3 Å². The number of hydrogen-bond acceptors (Lipinski definition) is 6. The van der Waals surface area contributed by atoms with Gasteiger partial charge in [0.05, 0.1) is 7.11 Å². The van der Waals surface area contributed by atoms with Gasteiger partial charge in [0.1, 0.15) is 11.9 Å². The number of carbonyl (C=O) groups is 2. The number of rotatable bonds is 8. The van der Waals surface area contributed by atoms with Crippen LogP contribution < -0.4 is 15.4 Å². The van der Waals surface area contributed by atoms with E-state index < -0.39 is 18.2 Å². The maximum atomic E-state index is 13.3. The first kappa shape index (κ1) is 20.7. The van der Waals surface area contributed by atoms with Crippen molar-refractivity contribution in [1.29, 1.82) is 0 Å². The molecule has 1 aliphatic rings. The van der Waals surface area contributed by atoms with Crippen LogP contribution in [0.3, 0.4) is 0 Å². The van der Waals surface area contributed by atoms with Gasteiger partial charge in [-0.1, -0.05) is 38.0 Å². The van der Waals surface area contributed by atoms with E-state index in [1.807, 2.05) is 31.2 Å². The standard InChI is InChI=1S/C23H24N4O4/c1-3-4-9-17(20(24)28)31-23-16-8-6-5-7-15(16)22(29)27(23)18-12-10-14-11-13-19(30-2)26-21(14)25-18/h5-8,10-13,17,23H,3-4,9H2,1-2H3,(H2,24,28). The Balaban J connectivity index is 1.76. The predicted molar refractivity (Wildman–Crippen MR) is 116 cm³/mol. The number of methoxy groups -OCH3 is 1. The van der Waals surface area contributed by atoms with Crippen LogP contribution in [0.4, 0.5) is 5.82 Å². The van der Waals surface area contributed by atoms with Crippen LogP contribution in [0, 0.1) is 0 Å². The van der Waals surface area contributed by atoms with Gasteiger partial charge >= 0.3 is 0 Å². The van der Waals surface area contributed by atoms with Crippen molar-refractivity contribution in [3.05, 3.63) is 59.7 Å². The number of nitrogens with zero attached hydrogens (tertiary/aromatic N) is 3. The van der Waals surface area contributed by atoms with Crippen LogP contribution >= 0.6 is 0 Å². The van der Waals surface area contributed by atoms with E-state index in [-0.39, 0.29) is 5.91 Å². The van der Waals surface area contributed by atoms with E-state index in [1.165, 1.54) is 12.0 Å². The number of benzene rings is 1. The number of unbranched alkanes of at least 4 members (excludes halogenated alkanes) is 1. The molecule has 2 unspecified atom stereocenters. The molecule has 4 rings (SSSR count). The zero-order valence-electron chi connectivity index (χ0n) is 17.4. The lowest BCUT2D eigenvalue weighted by Gasteiger charge is -2.28. The van der Waals surface area contributed by atoms with E-state index >= 15 is 0 Å². The molecule has 0 bridgehead atoms. The van der Waals surface area contributed by atoms with Crippen LogP contribution in [-0.2, 0) is 9.53 Å². The van der Waals surface area contributed by atoms with E-state index in [1.54, 1.807) is 24.3 Å². The minimum absolute atomic E-state index is 0.256. The van der Waals surface area contributed by atoms with Gasteiger partial charge in [-0.2, -0.15) is 4.98 Å². The van der Waals surface area contributed by atoms with Gasteiger partial charge in [0.25, 0.3) is 5.91 Å². The molecule has 31 heavy (non-hydrogen) atoms. The summed E-state index contributed by atoms with van der Waals surface area (Å²) in [5.41, 5.74) is 7.22. The fourth-order valence-electron chi connectivity index (χ4n) is 3.68. The van der Waals surface area contributed by atoms with Gasteiger partial charge in [-0.3, -0.25) is 14.5 Å². The van der Waals surface area contributed by atoms with Crippen molar-refractivity contribution < 1.29 is 19.1 Å². The number of pyridine rings is 2. The number of carbonyl (C=O) groups excluding carboxylic acids is 2. The summed E-state index contributed by atoms with van der Waals surface area (Å²) >= 11 is 0. The largest absolute Gasteiger partial charge is 0.481 e. The Morgan fingerprint density at radius 1 is 1.16 bits per heavy atom. The summed E-state index contributed by atoms with van der Waals surface area (Å²) in [5, 5.41) is 0.809. The molecule has 1 aromatic carbocycles. The number of hydrogen-bond donors (Lipinski definition) is 1. The molecule has 2 N–H and O–H groups in total. The molecule has 8 nitrogen and oxygen atoms in total. The monoisotopic (exact) mass is 420 g/mol. The normalized spacial score (nSPS) is 16.4. The van der Waals surface area contributed by atoms with E-state index in [0.717, 1.165) is 18.2 Å².